The van der Waals surface area contributed by atoms with Gasteiger partial charge in [-0.15, -0.1) is 11.3 Å². The van der Waals surface area contributed by atoms with Crippen molar-refractivity contribution in [2.45, 2.75) is 39.5 Å². The number of nitrogens with zero attached hydrogens (tertiary/aromatic N) is 2. The minimum atomic E-state index is -0.331. The third kappa shape index (κ3) is 4.75. The molecule has 0 unspecified atom stereocenters. The van der Waals surface area contributed by atoms with Gasteiger partial charge in [0.1, 0.15) is 0 Å². The number of unbranched alkanes of at least 4 members (excludes halogenated alkanes) is 2. The lowest BCUT2D eigenvalue weighted by Crippen LogP contribution is -2.27. The zero-order valence-corrected chi connectivity index (χ0v) is 25.9. The van der Waals surface area contributed by atoms with Crippen molar-refractivity contribution < 1.29 is 19.2 Å². The summed E-state index contributed by atoms with van der Waals surface area (Å²) in [6.45, 7) is 5.50. The van der Waals surface area contributed by atoms with Crippen LogP contribution in [-0.2, 0) is 0 Å². The molecular formula is C36H32N4O4S. The van der Waals surface area contributed by atoms with Crippen molar-refractivity contribution in [1.82, 2.24) is 0 Å². The number of thiophene rings is 1. The van der Waals surface area contributed by atoms with Gasteiger partial charge >= 0.3 is 0 Å². The average molecular weight is 617 g/mol. The molecule has 0 spiro atoms. The highest BCUT2D eigenvalue weighted by atomic mass is 32.1. The molecule has 0 saturated carbocycles. The number of hydrogen-bond acceptors (Lipinski definition) is 5. The Morgan fingerprint density at radius 3 is 1.49 bits per heavy atom. The van der Waals surface area contributed by atoms with Crippen molar-refractivity contribution >= 4 is 79.3 Å². The fourth-order valence-corrected chi connectivity index (χ4v) is 7.13. The Hall–Kier alpha value is -5.02. The van der Waals surface area contributed by atoms with Crippen LogP contribution in [0.25, 0.3) is 21.5 Å². The van der Waals surface area contributed by atoms with Crippen LogP contribution in [0.3, 0.4) is 0 Å². The maximum Gasteiger partial charge on any atom is 0.265 e. The Morgan fingerprint density at radius 1 is 0.622 bits per heavy atom. The molecule has 45 heavy (non-hydrogen) atoms. The van der Waals surface area contributed by atoms with Gasteiger partial charge in [0.25, 0.3) is 23.6 Å². The van der Waals surface area contributed by atoms with E-state index in [2.05, 4.69) is 24.5 Å². The average Bonchev–Trinajstić information content (AvgIpc) is 3.73. The molecule has 226 valence electrons. The summed E-state index contributed by atoms with van der Waals surface area (Å²) in [5.74, 6) is -0.685. The Labute approximate surface area is 264 Å². The van der Waals surface area contributed by atoms with Crippen LogP contribution in [-0.4, -0.2) is 36.7 Å². The lowest BCUT2D eigenvalue weighted by molar-refractivity contribution is 0.0985. The van der Waals surface area contributed by atoms with Crippen LogP contribution in [0.4, 0.5) is 22.7 Å². The summed E-state index contributed by atoms with van der Waals surface area (Å²) in [5, 5.41) is 9.31. The Kier molecular flexibility index (Phi) is 7.33. The van der Waals surface area contributed by atoms with Crippen molar-refractivity contribution in [2.24, 2.45) is 0 Å². The zero-order chi connectivity index (χ0) is 31.2. The summed E-state index contributed by atoms with van der Waals surface area (Å²) in [5.41, 5.74) is 4.25. The molecule has 2 aliphatic rings. The third-order valence-electron chi connectivity index (χ3n) is 8.59. The fraction of sp³-hybridized carbons (Fsp3) is 0.222. The Morgan fingerprint density at radius 2 is 1.07 bits per heavy atom. The summed E-state index contributed by atoms with van der Waals surface area (Å²) in [7, 11) is 0. The Balaban J connectivity index is 1.11. The second kappa shape index (κ2) is 11.5. The zero-order valence-electron chi connectivity index (χ0n) is 25.1. The molecule has 4 amide bonds. The van der Waals surface area contributed by atoms with E-state index in [4.69, 9.17) is 0 Å². The van der Waals surface area contributed by atoms with E-state index < -0.39 is 0 Å². The number of nitrogens with one attached hydrogen (secondary N) is 2. The number of benzene rings is 4. The van der Waals surface area contributed by atoms with Gasteiger partial charge < -0.3 is 20.4 Å². The summed E-state index contributed by atoms with van der Waals surface area (Å²) in [6.07, 6.45) is 3.80. The molecular weight excluding hydrogens is 584 g/mol. The molecule has 0 radical (unpaired) electrons. The summed E-state index contributed by atoms with van der Waals surface area (Å²) >= 11 is 1.11. The number of anilines is 4. The third-order valence-corrected chi connectivity index (χ3v) is 9.67. The van der Waals surface area contributed by atoms with Crippen LogP contribution >= 0.6 is 11.3 Å². The van der Waals surface area contributed by atoms with Gasteiger partial charge in [0, 0.05) is 57.1 Å². The quantitative estimate of drug-likeness (QED) is 0.166. The summed E-state index contributed by atoms with van der Waals surface area (Å²) in [4.78, 5) is 57.3. The van der Waals surface area contributed by atoms with E-state index in [1.165, 1.54) is 0 Å². The van der Waals surface area contributed by atoms with E-state index in [0.29, 0.717) is 45.3 Å². The van der Waals surface area contributed by atoms with Crippen LogP contribution in [0.2, 0.25) is 0 Å². The van der Waals surface area contributed by atoms with Crippen LogP contribution in [0.5, 0.6) is 0 Å². The summed E-state index contributed by atoms with van der Waals surface area (Å²) in [6, 6.07) is 21.9. The molecule has 0 atom stereocenters. The van der Waals surface area contributed by atoms with E-state index in [-0.39, 0.29) is 23.6 Å². The molecule has 3 heterocycles. The molecule has 1 aromatic heterocycles. The van der Waals surface area contributed by atoms with Crippen LogP contribution in [0, 0.1) is 0 Å². The van der Waals surface area contributed by atoms with Gasteiger partial charge in [-0.2, -0.15) is 0 Å². The van der Waals surface area contributed by atoms with Crippen molar-refractivity contribution in [1.29, 1.82) is 0 Å². The van der Waals surface area contributed by atoms with Crippen molar-refractivity contribution in [3.05, 3.63) is 93.7 Å². The van der Waals surface area contributed by atoms with Gasteiger partial charge in [0.2, 0.25) is 0 Å². The minimum absolute atomic E-state index is 0.0119. The first-order valence-corrected chi connectivity index (χ1v) is 16.2. The van der Waals surface area contributed by atoms with Gasteiger partial charge in [-0.3, -0.25) is 19.2 Å². The van der Waals surface area contributed by atoms with E-state index in [0.717, 1.165) is 69.9 Å². The number of rotatable bonds is 10. The topological polar surface area (TPSA) is 98.8 Å². The number of hydrogen-bond donors (Lipinski definition) is 2. The largest absolute Gasteiger partial charge is 0.321 e. The second-order valence-corrected chi connectivity index (χ2v) is 12.5. The number of carbonyl (C=O) groups is 4. The van der Waals surface area contributed by atoms with Crippen LogP contribution in [0.15, 0.2) is 72.8 Å². The highest BCUT2D eigenvalue weighted by Crippen LogP contribution is 2.42. The molecule has 8 nitrogen and oxygen atoms in total. The molecule has 7 rings (SSSR count). The second-order valence-electron chi connectivity index (χ2n) is 11.4. The lowest BCUT2D eigenvalue weighted by atomic mass is 10.0. The normalized spacial score (nSPS) is 13.4. The SMILES string of the molecule is CCCCN1C(=O)c2cccc3c(NC(=O)c4ccc(C(=O)Nc5ccc6c7c(cccc57)C(=O)N6CCCC)s4)ccc1c23. The molecule has 0 aliphatic carbocycles. The minimum Gasteiger partial charge on any atom is -0.321 e. The maximum atomic E-state index is 13.4. The maximum absolute atomic E-state index is 13.4. The van der Waals surface area contributed by atoms with E-state index >= 15 is 0 Å². The predicted molar refractivity (Wildman–Crippen MR) is 181 cm³/mol. The van der Waals surface area contributed by atoms with Crippen molar-refractivity contribution in [3.63, 3.8) is 0 Å². The van der Waals surface area contributed by atoms with Crippen LogP contribution in [0.1, 0.15) is 79.6 Å². The molecule has 0 fully saturated rings. The first kappa shape index (κ1) is 28.7. The van der Waals surface area contributed by atoms with Crippen LogP contribution < -0.4 is 20.4 Å². The van der Waals surface area contributed by atoms with Crippen molar-refractivity contribution in [3.8, 4) is 0 Å². The predicted octanol–water partition coefficient (Wildman–Crippen LogP) is 8.08. The monoisotopic (exact) mass is 616 g/mol. The molecule has 0 bridgehead atoms. The first-order valence-electron chi connectivity index (χ1n) is 15.4. The van der Waals surface area contributed by atoms with Gasteiger partial charge in [-0.1, -0.05) is 51.0 Å². The fourth-order valence-electron chi connectivity index (χ4n) is 6.34. The first-order chi connectivity index (χ1) is 21.9. The Bertz CT molecular complexity index is 1900. The molecule has 5 aromatic rings. The highest BCUT2D eigenvalue weighted by Gasteiger charge is 2.31. The molecule has 2 aliphatic heterocycles. The lowest BCUT2D eigenvalue weighted by Gasteiger charge is -2.17. The van der Waals surface area contributed by atoms with Gasteiger partial charge in [0.05, 0.1) is 21.1 Å². The summed E-state index contributed by atoms with van der Waals surface area (Å²) < 4.78 is 0. The van der Waals surface area contributed by atoms with E-state index in [9.17, 15) is 19.2 Å². The number of carbonyl (C=O) groups excluding carboxylic acids is 4. The van der Waals surface area contributed by atoms with Gasteiger partial charge in [-0.05, 0) is 61.4 Å². The van der Waals surface area contributed by atoms with Crippen molar-refractivity contribution in [2.75, 3.05) is 33.5 Å². The number of amides is 4. The van der Waals surface area contributed by atoms with Gasteiger partial charge in [-0.25, -0.2) is 0 Å². The molecule has 2 N–H and O–H groups in total. The highest BCUT2D eigenvalue weighted by molar-refractivity contribution is 7.16. The molecule has 0 saturated heterocycles. The molecule has 4 aromatic carbocycles. The van der Waals surface area contributed by atoms with E-state index in [1.54, 1.807) is 12.1 Å². The molecule has 9 heteroatoms. The standard InChI is InChI=1S/C36H32N4O4S/c1-3-5-19-39-27-15-13-25(21-9-7-11-23(31(21)27)35(39)43)37-33(41)29-17-18-30(45-29)34(42)38-26-14-16-28-32-22(26)10-8-12-24(32)36(44)40(28)20-6-4-2/h7-18H,3-6,19-20H2,1-2H3,(H,37,41)(H,38,42). The van der Waals surface area contributed by atoms with Gasteiger partial charge in [0.15, 0.2) is 0 Å². The van der Waals surface area contributed by atoms with E-state index in [1.807, 2.05) is 70.5 Å². The smallest absolute Gasteiger partial charge is 0.265 e.